The van der Waals surface area contributed by atoms with Gasteiger partial charge in [0.05, 0.1) is 12.1 Å². The van der Waals surface area contributed by atoms with Crippen LogP contribution in [-0.2, 0) is 13.1 Å². The zero-order valence-corrected chi connectivity index (χ0v) is 12.8. The molecule has 1 aliphatic rings. The molecule has 0 spiro atoms. The summed E-state index contributed by atoms with van der Waals surface area (Å²) in [6, 6.07) is 8.38. The minimum absolute atomic E-state index is 0. The molecule has 2 N–H and O–H groups in total. The Hall–Kier alpha value is -1.85. The van der Waals surface area contributed by atoms with E-state index in [0.717, 1.165) is 12.8 Å². The van der Waals surface area contributed by atoms with Gasteiger partial charge in [-0.3, -0.25) is 4.79 Å². The summed E-state index contributed by atoms with van der Waals surface area (Å²) < 4.78 is 19.0. The third kappa shape index (κ3) is 3.48. The molecule has 6 heteroatoms. The molecule has 22 heavy (non-hydrogen) atoms. The van der Waals surface area contributed by atoms with Gasteiger partial charge in [-0.25, -0.2) is 4.39 Å². The van der Waals surface area contributed by atoms with Crippen LogP contribution in [0.5, 0.6) is 0 Å². The number of benzene rings is 1. The molecule has 1 amide bonds. The SMILES string of the molecule is Cl.NCc1cc(C(=O)N(Cc2ccccc2F)C2CC2)co1. The van der Waals surface area contributed by atoms with Crippen LogP contribution < -0.4 is 5.73 Å². The highest BCUT2D eigenvalue weighted by Crippen LogP contribution is 2.30. The molecule has 0 unspecified atom stereocenters. The largest absolute Gasteiger partial charge is 0.467 e. The molecule has 1 heterocycles. The van der Waals surface area contributed by atoms with Crippen molar-refractivity contribution in [1.29, 1.82) is 0 Å². The lowest BCUT2D eigenvalue weighted by Crippen LogP contribution is -2.32. The first-order valence-electron chi connectivity index (χ1n) is 7.01. The monoisotopic (exact) mass is 324 g/mol. The minimum Gasteiger partial charge on any atom is -0.467 e. The quantitative estimate of drug-likeness (QED) is 0.919. The van der Waals surface area contributed by atoms with Gasteiger partial charge in [0.2, 0.25) is 0 Å². The van der Waals surface area contributed by atoms with Gasteiger partial charge >= 0.3 is 0 Å². The van der Waals surface area contributed by atoms with Gasteiger partial charge in [0.15, 0.2) is 0 Å². The Kier molecular flexibility index (Phi) is 5.21. The summed E-state index contributed by atoms with van der Waals surface area (Å²) in [7, 11) is 0. The Morgan fingerprint density at radius 2 is 2.09 bits per heavy atom. The summed E-state index contributed by atoms with van der Waals surface area (Å²) in [5.41, 5.74) is 6.49. The maximum absolute atomic E-state index is 13.8. The lowest BCUT2D eigenvalue weighted by molar-refractivity contribution is 0.0727. The summed E-state index contributed by atoms with van der Waals surface area (Å²) in [5.74, 6) is 0.148. The maximum atomic E-state index is 13.8. The molecular weight excluding hydrogens is 307 g/mol. The highest BCUT2D eigenvalue weighted by molar-refractivity contribution is 5.94. The van der Waals surface area contributed by atoms with E-state index >= 15 is 0 Å². The summed E-state index contributed by atoms with van der Waals surface area (Å²) in [4.78, 5) is 14.3. The Morgan fingerprint density at radius 1 is 1.36 bits per heavy atom. The van der Waals surface area contributed by atoms with Crippen LogP contribution in [0.1, 0.15) is 34.5 Å². The van der Waals surface area contributed by atoms with E-state index in [-0.39, 0.29) is 43.3 Å². The smallest absolute Gasteiger partial charge is 0.257 e. The fraction of sp³-hybridized carbons (Fsp3) is 0.312. The zero-order chi connectivity index (χ0) is 14.8. The summed E-state index contributed by atoms with van der Waals surface area (Å²) in [5, 5.41) is 0. The van der Waals surface area contributed by atoms with Crippen molar-refractivity contribution in [3.05, 3.63) is 59.3 Å². The third-order valence-corrected chi connectivity index (χ3v) is 3.65. The van der Waals surface area contributed by atoms with Crippen molar-refractivity contribution in [3.63, 3.8) is 0 Å². The van der Waals surface area contributed by atoms with Crippen LogP contribution in [0, 0.1) is 5.82 Å². The lowest BCUT2D eigenvalue weighted by atomic mass is 10.1. The van der Waals surface area contributed by atoms with Crippen molar-refractivity contribution < 1.29 is 13.6 Å². The molecule has 1 fully saturated rings. The van der Waals surface area contributed by atoms with Crippen molar-refractivity contribution in [2.45, 2.75) is 32.0 Å². The molecule has 1 saturated carbocycles. The molecule has 118 valence electrons. The first-order chi connectivity index (χ1) is 10.2. The Labute approximate surface area is 134 Å². The molecule has 0 bridgehead atoms. The van der Waals surface area contributed by atoms with Crippen molar-refractivity contribution in [2.75, 3.05) is 0 Å². The number of rotatable bonds is 5. The summed E-state index contributed by atoms with van der Waals surface area (Å²) >= 11 is 0. The number of carbonyl (C=O) groups is 1. The van der Waals surface area contributed by atoms with Gasteiger partial charge in [0.25, 0.3) is 5.91 Å². The molecule has 4 nitrogen and oxygen atoms in total. The van der Waals surface area contributed by atoms with Crippen molar-refractivity contribution >= 4 is 18.3 Å². The highest BCUT2D eigenvalue weighted by atomic mass is 35.5. The van der Waals surface area contributed by atoms with Gasteiger partial charge in [-0.05, 0) is 25.0 Å². The van der Waals surface area contributed by atoms with Gasteiger partial charge in [-0.15, -0.1) is 12.4 Å². The predicted molar refractivity (Wildman–Crippen MR) is 83.1 cm³/mol. The van der Waals surface area contributed by atoms with E-state index in [1.807, 2.05) is 0 Å². The molecule has 2 aromatic rings. The number of halogens is 2. The van der Waals surface area contributed by atoms with Crippen molar-refractivity contribution in [1.82, 2.24) is 4.90 Å². The highest BCUT2D eigenvalue weighted by Gasteiger charge is 2.34. The molecule has 0 aliphatic heterocycles. The molecule has 1 aromatic heterocycles. The van der Waals surface area contributed by atoms with Crippen molar-refractivity contribution in [3.8, 4) is 0 Å². The molecule has 0 saturated heterocycles. The fourth-order valence-corrected chi connectivity index (χ4v) is 2.33. The number of amides is 1. The maximum Gasteiger partial charge on any atom is 0.257 e. The number of nitrogens with zero attached hydrogens (tertiary/aromatic N) is 1. The number of hydrogen-bond acceptors (Lipinski definition) is 3. The Morgan fingerprint density at radius 3 is 2.68 bits per heavy atom. The van der Waals surface area contributed by atoms with E-state index in [1.165, 1.54) is 12.3 Å². The van der Waals surface area contributed by atoms with E-state index in [1.54, 1.807) is 29.2 Å². The Balaban J connectivity index is 0.00000176. The Bertz CT molecular complexity index is 655. The summed E-state index contributed by atoms with van der Waals surface area (Å²) in [6.45, 7) is 0.531. The second kappa shape index (κ2) is 6.94. The second-order valence-electron chi connectivity index (χ2n) is 5.26. The normalized spacial score (nSPS) is 13.5. The van der Waals surface area contributed by atoms with Gasteiger partial charge < -0.3 is 15.1 Å². The molecular formula is C16H18ClFN2O2. The number of hydrogen-bond donors (Lipinski definition) is 1. The first-order valence-corrected chi connectivity index (χ1v) is 7.01. The van der Waals surface area contributed by atoms with Crippen molar-refractivity contribution in [2.24, 2.45) is 5.73 Å². The van der Waals surface area contributed by atoms with Crippen LogP contribution in [0.25, 0.3) is 0 Å². The van der Waals surface area contributed by atoms with E-state index in [4.69, 9.17) is 10.2 Å². The van der Waals surface area contributed by atoms with Gasteiger partial charge in [-0.2, -0.15) is 0 Å². The van der Waals surface area contributed by atoms with E-state index in [2.05, 4.69) is 0 Å². The number of nitrogens with two attached hydrogens (primary N) is 1. The van der Waals surface area contributed by atoms with E-state index in [9.17, 15) is 9.18 Å². The molecule has 1 aromatic carbocycles. The average Bonchev–Trinajstić information content (AvgIpc) is 3.22. The first kappa shape index (κ1) is 16.5. The average molecular weight is 325 g/mol. The van der Waals surface area contributed by atoms with Gasteiger partial charge in [0.1, 0.15) is 17.8 Å². The van der Waals surface area contributed by atoms with Gasteiger partial charge in [0, 0.05) is 18.2 Å². The fourth-order valence-electron chi connectivity index (χ4n) is 2.33. The van der Waals surface area contributed by atoms with Crippen LogP contribution >= 0.6 is 12.4 Å². The molecule has 0 atom stereocenters. The lowest BCUT2D eigenvalue weighted by Gasteiger charge is -2.22. The topological polar surface area (TPSA) is 59.5 Å². The van der Waals surface area contributed by atoms with Crippen LogP contribution in [0.15, 0.2) is 41.0 Å². The van der Waals surface area contributed by atoms with E-state index in [0.29, 0.717) is 16.9 Å². The minimum atomic E-state index is -0.286. The van der Waals surface area contributed by atoms with Crippen LogP contribution in [-0.4, -0.2) is 16.8 Å². The predicted octanol–water partition coefficient (Wildman–Crippen LogP) is 3.10. The molecule has 1 aliphatic carbocycles. The standard InChI is InChI=1S/C16H17FN2O2.ClH/c17-15-4-2-1-3-11(15)9-19(13-5-6-13)16(20)12-7-14(8-18)21-10-12;/h1-4,7,10,13H,5-6,8-9,18H2;1H. The number of carbonyl (C=O) groups excluding carboxylic acids is 1. The van der Waals surface area contributed by atoms with Gasteiger partial charge in [-0.1, -0.05) is 18.2 Å². The van der Waals surface area contributed by atoms with Crippen LogP contribution in [0.2, 0.25) is 0 Å². The van der Waals surface area contributed by atoms with Crippen LogP contribution in [0.3, 0.4) is 0 Å². The molecule has 3 rings (SSSR count). The number of furan rings is 1. The third-order valence-electron chi connectivity index (χ3n) is 3.65. The van der Waals surface area contributed by atoms with E-state index < -0.39 is 0 Å². The second-order valence-corrected chi connectivity index (χ2v) is 5.26. The molecule has 0 radical (unpaired) electrons. The van der Waals surface area contributed by atoms with Crippen LogP contribution in [0.4, 0.5) is 4.39 Å². The zero-order valence-electron chi connectivity index (χ0n) is 12.0. The summed E-state index contributed by atoms with van der Waals surface area (Å²) in [6.07, 6.45) is 3.34.